The van der Waals surface area contributed by atoms with Crippen LogP contribution in [0.4, 0.5) is 5.13 Å². The molecule has 0 unspecified atom stereocenters. The van der Waals surface area contributed by atoms with Crippen LogP contribution < -0.4 is 14.4 Å². The maximum Gasteiger partial charge on any atom is 0.260 e. The van der Waals surface area contributed by atoms with Crippen molar-refractivity contribution in [2.75, 3.05) is 26.2 Å². The fraction of sp³-hybridized carbons (Fsp3) is 0.167. The summed E-state index contributed by atoms with van der Waals surface area (Å²) in [5.41, 5.74) is 1.39. The monoisotopic (exact) mass is 433 g/mol. The fourth-order valence-corrected chi connectivity index (χ4v) is 3.35. The number of methoxy groups -OCH3 is 2. The van der Waals surface area contributed by atoms with Crippen LogP contribution in [-0.2, 0) is 0 Å². The Labute approximate surface area is 163 Å². The highest BCUT2D eigenvalue weighted by molar-refractivity contribution is 9.10. The molecule has 1 amide bonds. The minimum absolute atomic E-state index is 0.222. The van der Waals surface area contributed by atoms with E-state index in [-0.39, 0.29) is 5.91 Å². The van der Waals surface area contributed by atoms with Gasteiger partial charge in [-0.05, 0) is 24.3 Å². The molecule has 6 nitrogen and oxygen atoms in total. The van der Waals surface area contributed by atoms with Crippen molar-refractivity contribution in [3.05, 3.63) is 52.5 Å². The van der Waals surface area contributed by atoms with Crippen LogP contribution in [-0.4, -0.2) is 37.4 Å². The van der Waals surface area contributed by atoms with Gasteiger partial charge in [0.1, 0.15) is 16.5 Å². The number of aromatic nitrogens is 2. The number of ether oxygens (including phenoxy) is 2. The van der Waals surface area contributed by atoms with Crippen LogP contribution in [0.1, 0.15) is 10.4 Å². The van der Waals surface area contributed by atoms with Gasteiger partial charge in [-0.3, -0.25) is 9.69 Å². The van der Waals surface area contributed by atoms with Crippen molar-refractivity contribution in [2.45, 2.75) is 0 Å². The molecule has 26 heavy (non-hydrogen) atoms. The maximum atomic E-state index is 12.8. The Hall–Kier alpha value is -2.45. The van der Waals surface area contributed by atoms with Gasteiger partial charge in [-0.25, -0.2) is 0 Å². The molecule has 0 radical (unpaired) electrons. The number of amides is 1. The quantitative estimate of drug-likeness (QED) is 0.601. The van der Waals surface area contributed by atoms with Gasteiger partial charge < -0.3 is 9.47 Å². The van der Waals surface area contributed by atoms with Crippen LogP contribution in [0.15, 0.2) is 46.9 Å². The number of carbonyl (C=O) groups excluding carboxylic acids is 1. The molecule has 1 heterocycles. The molecule has 0 spiro atoms. The second-order valence-electron chi connectivity index (χ2n) is 5.36. The van der Waals surface area contributed by atoms with E-state index in [0.717, 1.165) is 15.0 Å². The lowest BCUT2D eigenvalue weighted by Crippen LogP contribution is -2.26. The van der Waals surface area contributed by atoms with E-state index in [1.165, 1.54) is 16.2 Å². The van der Waals surface area contributed by atoms with Gasteiger partial charge in [0, 0.05) is 28.7 Å². The van der Waals surface area contributed by atoms with Gasteiger partial charge in [-0.15, -0.1) is 10.2 Å². The van der Waals surface area contributed by atoms with Crippen LogP contribution in [0.25, 0.3) is 10.6 Å². The molecule has 0 N–H and O–H groups in total. The number of halogens is 1. The summed E-state index contributed by atoms with van der Waals surface area (Å²) in [5.74, 6) is 0.878. The standard InChI is InChI=1S/C18H16BrN3O3S/c1-22(17(23)12-8-14(24-2)10-15(9-12)25-3)18-21-20-16(26-18)11-4-6-13(19)7-5-11/h4-10H,1-3H3. The van der Waals surface area contributed by atoms with E-state index in [1.807, 2.05) is 24.3 Å². The van der Waals surface area contributed by atoms with Crippen molar-refractivity contribution in [1.29, 1.82) is 0 Å². The first-order valence-corrected chi connectivity index (χ1v) is 9.23. The predicted molar refractivity (Wildman–Crippen MR) is 105 cm³/mol. The molecule has 0 atom stereocenters. The minimum atomic E-state index is -0.222. The molecule has 3 rings (SSSR count). The van der Waals surface area contributed by atoms with Crippen molar-refractivity contribution >= 4 is 38.3 Å². The zero-order valence-electron chi connectivity index (χ0n) is 14.4. The first kappa shape index (κ1) is 18.3. The number of hydrogen-bond donors (Lipinski definition) is 0. The Bertz CT molecular complexity index is 905. The molecule has 0 aliphatic rings. The maximum absolute atomic E-state index is 12.8. The van der Waals surface area contributed by atoms with E-state index >= 15 is 0 Å². The van der Waals surface area contributed by atoms with Crippen LogP contribution in [0.3, 0.4) is 0 Å². The molecule has 0 aliphatic heterocycles. The average Bonchev–Trinajstić information content (AvgIpc) is 3.17. The molecule has 1 aromatic heterocycles. The molecule has 0 saturated heterocycles. The van der Waals surface area contributed by atoms with Crippen molar-refractivity contribution in [2.24, 2.45) is 0 Å². The Morgan fingerprint density at radius 2 is 1.65 bits per heavy atom. The third kappa shape index (κ3) is 3.86. The number of rotatable bonds is 5. The van der Waals surface area contributed by atoms with Gasteiger partial charge in [0.05, 0.1) is 14.2 Å². The normalized spacial score (nSPS) is 10.5. The summed E-state index contributed by atoms with van der Waals surface area (Å²) in [6, 6.07) is 12.8. The summed E-state index contributed by atoms with van der Waals surface area (Å²) in [4.78, 5) is 14.3. The van der Waals surface area contributed by atoms with Gasteiger partial charge >= 0.3 is 0 Å². The van der Waals surface area contributed by atoms with Crippen molar-refractivity contribution in [3.63, 3.8) is 0 Å². The third-order valence-corrected chi connectivity index (χ3v) is 5.27. The predicted octanol–water partition coefficient (Wildman–Crippen LogP) is 4.26. The van der Waals surface area contributed by atoms with Crippen LogP contribution in [0.2, 0.25) is 0 Å². The van der Waals surface area contributed by atoms with Crippen LogP contribution >= 0.6 is 27.3 Å². The van der Waals surface area contributed by atoms with Gasteiger partial charge in [0.25, 0.3) is 5.91 Å². The van der Waals surface area contributed by atoms with E-state index in [0.29, 0.717) is 22.2 Å². The summed E-state index contributed by atoms with van der Waals surface area (Å²) in [5, 5.41) is 9.59. The lowest BCUT2D eigenvalue weighted by molar-refractivity contribution is 0.0992. The molecule has 3 aromatic rings. The fourth-order valence-electron chi connectivity index (χ4n) is 2.27. The second kappa shape index (κ2) is 7.84. The lowest BCUT2D eigenvalue weighted by atomic mass is 10.2. The molecule has 2 aromatic carbocycles. The summed E-state index contributed by atoms with van der Waals surface area (Å²) in [6.07, 6.45) is 0. The molecule has 0 fully saturated rings. The molecular formula is C18H16BrN3O3S. The SMILES string of the molecule is COc1cc(OC)cc(C(=O)N(C)c2nnc(-c3ccc(Br)cc3)s2)c1. The first-order chi connectivity index (χ1) is 12.5. The molecule has 0 bridgehead atoms. The van der Waals surface area contributed by atoms with Crippen molar-refractivity contribution in [3.8, 4) is 22.1 Å². The highest BCUT2D eigenvalue weighted by Crippen LogP contribution is 2.30. The zero-order valence-corrected chi connectivity index (χ0v) is 16.8. The smallest absolute Gasteiger partial charge is 0.260 e. The van der Waals surface area contributed by atoms with Crippen molar-refractivity contribution < 1.29 is 14.3 Å². The summed E-state index contributed by atoms with van der Waals surface area (Å²) < 4.78 is 11.4. The Morgan fingerprint density at radius 3 is 2.23 bits per heavy atom. The Kier molecular flexibility index (Phi) is 5.53. The van der Waals surface area contributed by atoms with Crippen LogP contribution in [0, 0.1) is 0 Å². The summed E-state index contributed by atoms with van der Waals surface area (Å²) >= 11 is 4.76. The highest BCUT2D eigenvalue weighted by Gasteiger charge is 2.19. The van der Waals surface area contributed by atoms with E-state index in [9.17, 15) is 4.79 Å². The topological polar surface area (TPSA) is 64.6 Å². The Balaban J connectivity index is 1.86. The minimum Gasteiger partial charge on any atom is -0.497 e. The third-order valence-electron chi connectivity index (χ3n) is 3.70. The second-order valence-corrected chi connectivity index (χ2v) is 7.23. The van der Waals surface area contributed by atoms with Gasteiger partial charge in [0.15, 0.2) is 0 Å². The van der Waals surface area contributed by atoms with Gasteiger partial charge in [-0.1, -0.05) is 39.4 Å². The zero-order chi connectivity index (χ0) is 18.7. The van der Waals surface area contributed by atoms with Crippen molar-refractivity contribution in [1.82, 2.24) is 10.2 Å². The van der Waals surface area contributed by atoms with E-state index in [4.69, 9.17) is 9.47 Å². The number of nitrogens with zero attached hydrogens (tertiary/aromatic N) is 3. The summed E-state index contributed by atoms with van der Waals surface area (Å²) in [6.45, 7) is 0. The van der Waals surface area contributed by atoms with E-state index in [2.05, 4.69) is 26.1 Å². The Morgan fingerprint density at radius 1 is 1.04 bits per heavy atom. The van der Waals surface area contributed by atoms with Crippen LogP contribution in [0.5, 0.6) is 11.5 Å². The molecule has 134 valence electrons. The van der Waals surface area contributed by atoms with E-state index in [1.54, 1.807) is 39.5 Å². The molecular weight excluding hydrogens is 418 g/mol. The average molecular weight is 434 g/mol. The summed E-state index contributed by atoms with van der Waals surface area (Å²) in [7, 11) is 4.75. The highest BCUT2D eigenvalue weighted by atomic mass is 79.9. The number of anilines is 1. The number of carbonyl (C=O) groups is 1. The largest absolute Gasteiger partial charge is 0.497 e. The molecule has 0 aliphatic carbocycles. The number of hydrogen-bond acceptors (Lipinski definition) is 6. The number of benzene rings is 2. The lowest BCUT2D eigenvalue weighted by Gasteiger charge is -2.14. The first-order valence-electron chi connectivity index (χ1n) is 7.62. The molecule has 0 saturated carbocycles. The van der Waals surface area contributed by atoms with Gasteiger partial charge in [0.2, 0.25) is 5.13 Å². The van der Waals surface area contributed by atoms with E-state index < -0.39 is 0 Å². The molecule has 8 heteroatoms. The van der Waals surface area contributed by atoms with Gasteiger partial charge in [-0.2, -0.15) is 0 Å².